The zero-order valence-corrected chi connectivity index (χ0v) is 18.3. The highest BCUT2D eigenvalue weighted by Crippen LogP contribution is 2.22. The van der Waals surface area contributed by atoms with Crippen LogP contribution in [0.5, 0.6) is 0 Å². The lowest BCUT2D eigenvalue weighted by Crippen LogP contribution is -2.18. The molecule has 30 heavy (non-hydrogen) atoms. The first-order valence-corrected chi connectivity index (χ1v) is 11.1. The molecule has 0 aromatic heterocycles. The van der Waals surface area contributed by atoms with Gasteiger partial charge in [0.25, 0.3) is 0 Å². The second-order valence-electron chi connectivity index (χ2n) is 7.85. The van der Waals surface area contributed by atoms with Gasteiger partial charge in [0.2, 0.25) is 0 Å². The number of nitrogens with zero attached hydrogens (tertiary/aromatic N) is 3. The molecule has 0 aliphatic carbocycles. The maximum Gasteiger partial charge on any atom is 0.0858 e. The van der Waals surface area contributed by atoms with E-state index in [1.165, 1.54) is 42.5 Å². The quantitative estimate of drug-likeness (QED) is 0.238. The van der Waals surface area contributed by atoms with Gasteiger partial charge in [0.05, 0.1) is 11.4 Å². The number of unbranched alkanes of at least 4 members (excludes halogenated alkanes) is 3. The molecule has 0 aliphatic rings. The van der Waals surface area contributed by atoms with Crippen molar-refractivity contribution in [1.29, 1.82) is 0 Å². The van der Waals surface area contributed by atoms with Gasteiger partial charge in [-0.25, -0.2) is 0 Å². The van der Waals surface area contributed by atoms with E-state index in [2.05, 4.69) is 83.7 Å². The van der Waals surface area contributed by atoms with Crippen molar-refractivity contribution in [3.05, 3.63) is 90.0 Å². The zero-order valence-electron chi connectivity index (χ0n) is 18.3. The number of benzene rings is 3. The van der Waals surface area contributed by atoms with E-state index in [0.717, 1.165) is 30.8 Å². The van der Waals surface area contributed by atoms with E-state index in [4.69, 9.17) is 0 Å². The highest BCUT2D eigenvalue weighted by Gasteiger charge is 2.01. The molecule has 3 rings (SSSR count). The molecule has 3 heteroatoms. The number of hydrogen-bond acceptors (Lipinski definition) is 3. The van der Waals surface area contributed by atoms with Crippen LogP contribution in [0.25, 0.3) is 0 Å². The third-order valence-corrected chi connectivity index (χ3v) is 5.40. The Morgan fingerprint density at radius 3 is 1.80 bits per heavy atom. The Hall–Kier alpha value is -2.94. The molecule has 0 heterocycles. The minimum atomic E-state index is 0.881. The van der Waals surface area contributed by atoms with Gasteiger partial charge < -0.3 is 4.90 Å². The summed E-state index contributed by atoms with van der Waals surface area (Å²) in [5, 5.41) is 8.79. The molecular weight excluding hydrogens is 366 g/mol. The van der Waals surface area contributed by atoms with E-state index in [0.29, 0.717) is 0 Å². The Balaban J connectivity index is 1.49. The highest BCUT2D eigenvalue weighted by molar-refractivity contribution is 5.52. The molecule has 0 N–H and O–H groups in total. The predicted octanol–water partition coefficient (Wildman–Crippen LogP) is 7.90. The van der Waals surface area contributed by atoms with Crippen LogP contribution in [0, 0.1) is 0 Å². The van der Waals surface area contributed by atoms with Crippen molar-refractivity contribution in [2.24, 2.45) is 10.2 Å². The van der Waals surface area contributed by atoms with E-state index >= 15 is 0 Å². The molecule has 0 amide bonds. The minimum absolute atomic E-state index is 0.881. The van der Waals surface area contributed by atoms with Crippen molar-refractivity contribution in [1.82, 2.24) is 0 Å². The summed E-state index contributed by atoms with van der Waals surface area (Å²) in [6.45, 7) is 3.34. The van der Waals surface area contributed by atoms with Crippen molar-refractivity contribution in [3.8, 4) is 0 Å². The topological polar surface area (TPSA) is 28.0 Å². The van der Waals surface area contributed by atoms with Crippen LogP contribution in [-0.4, -0.2) is 13.6 Å². The van der Waals surface area contributed by atoms with Crippen LogP contribution in [0.2, 0.25) is 0 Å². The molecule has 156 valence electrons. The lowest BCUT2D eigenvalue weighted by molar-refractivity contribution is 0.661. The van der Waals surface area contributed by atoms with Crippen LogP contribution in [-0.2, 0) is 12.8 Å². The summed E-state index contributed by atoms with van der Waals surface area (Å²) < 4.78 is 0. The first-order valence-electron chi connectivity index (χ1n) is 11.1. The predicted molar refractivity (Wildman–Crippen MR) is 128 cm³/mol. The maximum absolute atomic E-state index is 4.39. The average molecular weight is 400 g/mol. The fraction of sp³-hybridized carbons (Fsp3) is 0.333. The van der Waals surface area contributed by atoms with Crippen LogP contribution >= 0.6 is 0 Å². The van der Waals surface area contributed by atoms with Crippen LogP contribution in [0.15, 0.2) is 89.1 Å². The van der Waals surface area contributed by atoms with E-state index in [1.54, 1.807) is 0 Å². The van der Waals surface area contributed by atoms with Crippen molar-refractivity contribution in [2.45, 2.75) is 45.4 Å². The Kier molecular flexibility index (Phi) is 8.64. The maximum atomic E-state index is 4.39. The summed E-state index contributed by atoms with van der Waals surface area (Å²) in [5.74, 6) is 0. The lowest BCUT2D eigenvalue weighted by atomic mass is 10.0. The second kappa shape index (κ2) is 11.9. The van der Waals surface area contributed by atoms with E-state index in [-0.39, 0.29) is 0 Å². The molecule has 0 spiro atoms. The third-order valence-electron chi connectivity index (χ3n) is 5.40. The summed E-state index contributed by atoms with van der Waals surface area (Å²) in [6, 6.07) is 27.3. The molecule has 3 aromatic carbocycles. The third kappa shape index (κ3) is 7.14. The molecule has 0 fully saturated rings. The lowest BCUT2D eigenvalue weighted by Gasteiger charge is -2.19. The van der Waals surface area contributed by atoms with Crippen LogP contribution in [0.4, 0.5) is 17.1 Å². The van der Waals surface area contributed by atoms with Gasteiger partial charge in [0.15, 0.2) is 0 Å². The van der Waals surface area contributed by atoms with Gasteiger partial charge in [0.1, 0.15) is 0 Å². The smallest absolute Gasteiger partial charge is 0.0858 e. The molecule has 0 bridgehead atoms. The molecule has 0 atom stereocenters. The van der Waals surface area contributed by atoms with Gasteiger partial charge in [-0.05, 0) is 66.8 Å². The highest BCUT2D eigenvalue weighted by atomic mass is 15.1. The zero-order chi connectivity index (χ0) is 21.0. The molecular formula is C27H33N3. The van der Waals surface area contributed by atoms with Crippen LogP contribution in [0.1, 0.15) is 43.7 Å². The SMILES string of the molecule is CCCCCCN(C)c1ccc(N=Nc2ccc(CCc3ccccc3)cc2)cc1. The summed E-state index contributed by atoms with van der Waals surface area (Å²) in [5.41, 5.74) is 5.69. The number of azo groups is 1. The Morgan fingerprint density at radius 1 is 0.633 bits per heavy atom. The fourth-order valence-electron chi connectivity index (χ4n) is 3.46. The van der Waals surface area contributed by atoms with Crippen molar-refractivity contribution in [3.63, 3.8) is 0 Å². The standard InChI is InChI=1S/C27H33N3/c1-3-4-5-9-22-30(2)27-20-18-26(19-21-27)29-28-25-16-14-24(15-17-25)13-12-23-10-7-6-8-11-23/h6-8,10-11,14-21H,3-5,9,12-13,22H2,1-2H3. The van der Waals surface area contributed by atoms with Crippen molar-refractivity contribution < 1.29 is 0 Å². The Bertz CT molecular complexity index is 884. The van der Waals surface area contributed by atoms with Gasteiger partial charge in [-0.15, -0.1) is 0 Å². The first kappa shape index (κ1) is 21.8. The average Bonchev–Trinajstić information content (AvgIpc) is 2.81. The molecule has 0 unspecified atom stereocenters. The summed E-state index contributed by atoms with van der Waals surface area (Å²) in [6.07, 6.45) is 7.24. The van der Waals surface area contributed by atoms with Crippen molar-refractivity contribution >= 4 is 17.1 Å². The van der Waals surface area contributed by atoms with E-state index < -0.39 is 0 Å². The molecule has 0 saturated heterocycles. The van der Waals surface area contributed by atoms with Gasteiger partial charge >= 0.3 is 0 Å². The van der Waals surface area contributed by atoms with E-state index in [1.807, 2.05) is 24.3 Å². The first-order chi connectivity index (χ1) is 14.7. The summed E-state index contributed by atoms with van der Waals surface area (Å²) >= 11 is 0. The number of hydrogen-bond donors (Lipinski definition) is 0. The van der Waals surface area contributed by atoms with Crippen molar-refractivity contribution in [2.75, 3.05) is 18.5 Å². The molecule has 0 saturated carbocycles. The molecule has 3 aromatic rings. The van der Waals surface area contributed by atoms with Gasteiger partial charge in [-0.2, -0.15) is 10.2 Å². The van der Waals surface area contributed by atoms with Gasteiger partial charge in [-0.1, -0.05) is 68.7 Å². The Morgan fingerprint density at radius 2 is 1.20 bits per heavy atom. The summed E-state index contributed by atoms with van der Waals surface area (Å²) in [4.78, 5) is 2.31. The second-order valence-corrected chi connectivity index (χ2v) is 7.85. The summed E-state index contributed by atoms with van der Waals surface area (Å²) in [7, 11) is 2.15. The van der Waals surface area contributed by atoms with Crippen LogP contribution < -0.4 is 4.90 Å². The normalized spacial score (nSPS) is 11.1. The van der Waals surface area contributed by atoms with Gasteiger partial charge in [-0.3, -0.25) is 0 Å². The fourth-order valence-corrected chi connectivity index (χ4v) is 3.46. The number of anilines is 1. The molecule has 0 aliphatic heterocycles. The Labute approximate surface area is 181 Å². The monoisotopic (exact) mass is 399 g/mol. The molecule has 0 radical (unpaired) electrons. The van der Waals surface area contributed by atoms with Gasteiger partial charge in [0, 0.05) is 19.3 Å². The number of aryl methyl sites for hydroxylation is 2. The number of rotatable bonds is 11. The van der Waals surface area contributed by atoms with E-state index in [9.17, 15) is 0 Å². The molecule has 3 nitrogen and oxygen atoms in total. The minimum Gasteiger partial charge on any atom is -0.375 e. The largest absolute Gasteiger partial charge is 0.375 e. The van der Waals surface area contributed by atoms with Crippen LogP contribution in [0.3, 0.4) is 0 Å².